The second-order valence-corrected chi connectivity index (χ2v) is 8.34. The third-order valence-electron chi connectivity index (χ3n) is 4.57. The number of nitrogens with zero attached hydrogens (tertiary/aromatic N) is 3. The van der Waals surface area contributed by atoms with Gasteiger partial charge in [-0.25, -0.2) is 19.7 Å². The first kappa shape index (κ1) is 18.1. The van der Waals surface area contributed by atoms with E-state index in [0.717, 1.165) is 33.8 Å². The van der Waals surface area contributed by atoms with Gasteiger partial charge in [-0.15, -0.1) is 22.7 Å². The number of hydrogen-bond donors (Lipinski definition) is 3. The summed E-state index contributed by atoms with van der Waals surface area (Å²) in [6.07, 6.45) is 7.64. The summed E-state index contributed by atoms with van der Waals surface area (Å²) >= 11 is 3.18. The fourth-order valence-corrected chi connectivity index (χ4v) is 4.78. The van der Waals surface area contributed by atoms with E-state index in [-0.39, 0.29) is 6.03 Å². The summed E-state index contributed by atoms with van der Waals surface area (Å²) < 4.78 is 1.04. The van der Waals surface area contributed by atoms with E-state index in [1.165, 1.54) is 19.3 Å². The Morgan fingerprint density at radius 3 is 2.81 bits per heavy atom. The van der Waals surface area contributed by atoms with Crippen LogP contribution in [-0.2, 0) is 0 Å². The number of nitrogens with one attached hydrogen (secondary N) is 3. The van der Waals surface area contributed by atoms with Crippen molar-refractivity contribution in [1.82, 2.24) is 25.6 Å². The molecule has 9 heteroatoms. The van der Waals surface area contributed by atoms with Crippen LogP contribution in [0.15, 0.2) is 23.0 Å². The lowest BCUT2D eigenvalue weighted by Crippen LogP contribution is -2.44. The van der Waals surface area contributed by atoms with Crippen molar-refractivity contribution in [3.63, 3.8) is 0 Å². The maximum atomic E-state index is 12.0. The molecule has 3 aromatic rings. The lowest BCUT2D eigenvalue weighted by atomic mass is 9.96. The molecule has 0 atom stereocenters. The fourth-order valence-electron chi connectivity index (χ4n) is 3.26. The number of rotatable bonds is 6. The van der Waals surface area contributed by atoms with Crippen LogP contribution in [0, 0.1) is 0 Å². The molecule has 0 radical (unpaired) electrons. The second-order valence-electron chi connectivity index (χ2n) is 6.53. The molecular formula is C18H22N6OS2. The Bertz CT molecular complexity index is 889. The average molecular weight is 403 g/mol. The molecule has 3 heterocycles. The average Bonchev–Trinajstić information content (AvgIpc) is 3.37. The minimum Gasteiger partial charge on any atom is -0.352 e. The van der Waals surface area contributed by atoms with Gasteiger partial charge in [0, 0.05) is 30.7 Å². The predicted octanol–water partition coefficient (Wildman–Crippen LogP) is 3.86. The summed E-state index contributed by atoms with van der Waals surface area (Å²) in [5, 5.41) is 14.0. The Kier molecular flexibility index (Phi) is 5.78. The third-order valence-corrected chi connectivity index (χ3v) is 6.26. The first-order chi connectivity index (χ1) is 13.3. The first-order valence-electron chi connectivity index (χ1n) is 9.23. The van der Waals surface area contributed by atoms with Crippen molar-refractivity contribution in [2.24, 2.45) is 0 Å². The smallest absolute Gasteiger partial charge is 0.315 e. The van der Waals surface area contributed by atoms with Crippen molar-refractivity contribution in [3.8, 4) is 10.7 Å². The molecule has 0 bridgehead atoms. The van der Waals surface area contributed by atoms with Gasteiger partial charge >= 0.3 is 6.03 Å². The summed E-state index contributed by atoms with van der Waals surface area (Å²) in [5.74, 6) is 0.556. The Morgan fingerprint density at radius 1 is 1.11 bits per heavy atom. The highest BCUT2D eigenvalue weighted by Crippen LogP contribution is 2.32. The number of aromatic nitrogens is 3. The van der Waals surface area contributed by atoms with Crippen molar-refractivity contribution < 1.29 is 4.79 Å². The zero-order valence-corrected chi connectivity index (χ0v) is 16.5. The lowest BCUT2D eigenvalue weighted by Gasteiger charge is -2.22. The molecule has 0 aliphatic heterocycles. The SMILES string of the molecule is O=C(NCCNc1nc(-c2nccs2)c2sccc2n1)NC1CCCCC1. The van der Waals surface area contributed by atoms with Gasteiger partial charge in [-0.3, -0.25) is 0 Å². The molecule has 0 unspecified atom stereocenters. The lowest BCUT2D eigenvalue weighted by molar-refractivity contribution is 0.233. The van der Waals surface area contributed by atoms with E-state index in [0.29, 0.717) is 25.1 Å². The van der Waals surface area contributed by atoms with Crippen LogP contribution in [0.25, 0.3) is 20.9 Å². The molecule has 3 N–H and O–H groups in total. The number of carbonyl (C=O) groups is 1. The molecule has 0 aromatic carbocycles. The maximum absolute atomic E-state index is 12.0. The van der Waals surface area contributed by atoms with Crippen LogP contribution in [0.5, 0.6) is 0 Å². The van der Waals surface area contributed by atoms with Crippen LogP contribution in [-0.4, -0.2) is 40.1 Å². The maximum Gasteiger partial charge on any atom is 0.315 e. The molecular weight excluding hydrogens is 380 g/mol. The standard InChI is InChI=1S/C18H22N6OS2/c25-18(22-12-4-2-1-3-5-12)21-8-7-20-17-23-13-6-10-26-15(13)14(24-17)16-19-9-11-27-16/h6,9-12H,1-5,7-8H2,(H,20,23,24)(H2,21,22,25). The molecule has 0 spiro atoms. The van der Waals surface area contributed by atoms with E-state index in [9.17, 15) is 4.79 Å². The van der Waals surface area contributed by atoms with Crippen molar-refractivity contribution >= 4 is 44.9 Å². The van der Waals surface area contributed by atoms with Crippen LogP contribution in [0.3, 0.4) is 0 Å². The number of anilines is 1. The molecule has 3 aromatic heterocycles. The zero-order valence-electron chi connectivity index (χ0n) is 14.9. The van der Waals surface area contributed by atoms with E-state index in [4.69, 9.17) is 0 Å². The summed E-state index contributed by atoms with van der Waals surface area (Å²) in [7, 11) is 0. The van der Waals surface area contributed by atoms with Gasteiger partial charge in [-0.1, -0.05) is 19.3 Å². The number of urea groups is 1. The fraction of sp³-hybridized carbons (Fsp3) is 0.444. The van der Waals surface area contributed by atoms with Crippen molar-refractivity contribution in [2.45, 2.75) is 38.1 Å². The van der Waals surface area contributed by atoms with Crippen molar-refractivity contribution in [3.05, 3.63) is 23.0 Å². The molecule has 1 fully saturated rings. The van der Waals surface area contributed by atoms with E-state index in [1.54, 1.807) is 28.9 Å². The summed E-state index contributed by atoms with van der Waals surface area (Å²) in [4.78, 5) is 25.5. The number of thiazole rings is 1. The van der Waals surface area contributed by atoms with Crippen LogP contribution >= 0.6 is 22.7 Å². The Hall–Kier alpha value is -2.26. The highest BCUT2D eigenvalue weighted by molar-refractivity contribution is 7.18. The predicted molar refractivity (Wildman–Crippen MR) is 110 cm³/mol. The van der Waals surface area contributed by atoms with Crippen molar-refractivity contribution in [2.75, 3.05) is 18.4 Å². The molecule has 4 rings (SSSR count). The molecule has 1 aliphatic rings. The quantitative estimate of drug-likeness (QED) is 0.545. The monoisotopic (exact) mass is 402 g/mol. The molecule has 1 saturated carbocycles. The van der Waals surface area contributed by atoms with Gasteiger partial charge in [0.25, 0.3) is 0 Å². The summed E-state index contributed by atoms with van der Waals surface area (Å²) in [5.41, 5.74) is 1.77. The summed E-state index contributed by atoms with van der Waals surface area (Å²) in [6, 6.07) is 2.21. The highest BCUT2D eigenvalue weighted by Gasteiger charge is 2.15. The highest BCUT2D eigenvalue weighted by atomic mass is 32.1. The molecule has 1 aliphatic carbocycles. The van der Waals surface area contributed by atoms with Gasteiger partial charge in [0.2, 0.25) is 5.95 Å². The largest absolute Gasteiger partial charge is 0.352 e. The number of thiophene rings is 1. The minimum absolute atomic E-state index is 0.0959. The van der Waals surface area contributed by atoms with Crippen LogP contribution in [0.1, 0.15) is 32.1 Å². The Morgan fingerprint density at radius 2 is 2.00 bits per heavy atom. The van der Waals surface area contributed by atoms with E-state index < -0.39 is 0 Å². The molecule has 7 nitrogen and oxygen atoms in total. The van der Waals surface area contributed by atoms with Gasteiger partial charge in [0.05, 0.1) is 10.2 Å². The van der Waals surface area contributed by atoms with Crippen molar-refractivity contribution in [1.29, 1.82) is 0 Å². The van der Waals surface area contributed by atoms with E-state index in [1.807, 2.05) is 16.8 Å². The molecule has 27 heavy (non-hydrogen) atoms. The number of carbonyl (C=O) groups excluding carboxylic acids is 1. The van der Waals surface area contributed by atoms with Gasteiger partial charge in [0.15, 0.2) is 0 Å². The number of amides is 2. The normalized spacial score (nSPS) is 15.0. The third kappa shape index (κ3) is 4.54. The Balaban J connectivity index is 1.32. The van der Waals surface area contributed by atoms with E-state index in [2.05, 4.69) is 30.9 Å². The van der Waals surface area contributed by atoms with Gasteiger partial charge in [0.1, 0.15) is 10.7 Å². The second kappa shape index (κ2) is 8.62. The number of hydrogen-bond acceptors (Lipinski definition) is 7. The zero-order chi connectivity index (χ0) is 18.5. The minimum atomic E-state index is -0.0959. The first-order valence-corrected chi connectivity index (χ1v) is 11.0. The van der Waals surface area contributed by atoms with Gasteiger partial charge in [-0.2, -0.15) is 0 Å². The molecule has 142 valence electrons. The topological polar surface area (TPSA) is 91.8 Å². The number of fused-ring (bicyclic) bond motifs is 1. The Labute approximate surface area is 165 Å². The van der Waals surface area contributed by atoms with Crippen LogP contribution in [0.4, 0.5) is 10.7 Å². The summed E-state index contributed by atoms with van der Waals surface area (Å²) in [6.45, 7) is 1.07. The molecule has 2 amide bonds. The van der Waals surface area contributed by atoms with E-state index >= 15 is 0 Å². The van der Waals surface area contributed by atoms with Gasteiger partial charge < -0.3 is 16.0 Å². The molecule has 0 saturated heterocycles. The van der Waals surface area contributed by atoms with Crippen LogP contribution in [0.2, 0.25) is 0 Å². The van der Waals surface area contributed by atoms with Gasteiger partial charge in [-0.05, 0) is 24.3 Å². The van der Waals surface area contributed by atoms with Crippen LogP contribution < -0.4 is 16.0 Å².